The Morgan fingerprint density at radius 3 is 2.35 bits per heavy atom. The summed E-state index contributed by atoms with van der Waals surface area (Å²) >= 11 is 0. The van der Waals surface area contributed by atoms with Crippen molar-refractivity contribution >= 4 is 40.8 Å². The number of ether oxygens (including phenoxy) is 1. The van der Waals surface area contributed by atoms with Crippen LogP contribution in [-0.4, -0.2) is 49.8 Å². The fraction of sp³-hybridized carbons (Fsp3) is 0.440. The normalized spacial score (nSPS) is 17.9. The first-order chi connectivity index (χ1) is 16.3. The number of hydrogen-bond acceptors (Lipinski definition) is 7. The van der Waals surface area contributed by atoms with E-state index < -0.39 is 17.8 Å². The van der Waals surface area contributed by atoms with Gasteiger partial charge in [0, 0.05) is 37.4 Å². The van der Waals surface area contributed by atoms with Crippen LogP contribution in [0.3, 0.4) is 0 Å². The fourth-order valence-corrected chi connectivity index (χ4v) is 4.62. The number of carbonyl (C=O) groups excluding carboxylic acids is 4. The molecule has 0 aliphatic carbocycles. The van der Waals surface area contributed by atoms with Crippen molar-refractivity contribution in [2.24, 2.45) is 5.92 Å². The first-order valence-corrected chi connectivity index (χ1v) is 11.6. The van der Waals surface area contributed by atoms with Gasteiger partial charge in [0.15, 0.2) is 5.78 Å². The maximum atomic E-state index is 13.0. The highest BCUT2D eigenvalue weighted by Crippen LogP contribution is 2.32. The molecule has 2 fully saturated rings. The highest BCUT2D eigenvalue weighted by atomic mass is 16.5. The predicted molar refractivity (Wildman–Crippen MR) is 126 cm³/mol. The number of carbonyl (C=O) groups is 4. The van der Waals surface area contributed by atoms with Crippen LogP contribution in [-0.2, 0) is 14.3 Å². The van der Waals surface area contributed by atoms with Gasteiger partial charge in [-0.1, -0.05) is 0 Å². The maximum absolute atomic E-state index is 13.0. The average Bonchev–Trinajstić information content (AvgIpc) is 3.53. The van der Waals surface area contributed by atoms with Crippen LogP contribution in [0.25, 0.3) is 0 Å². The lowest BCUT2D eigenvalue weighted by molar-refractivity contribution is -0.122. The van der Waals surface area contributed by atoms with E-state index in [2.05, 4.69) is 10.2 Å². The van der Waals surface area contributed by atoms with Crippen LogP contribution in [0.1, 0.15) is 59.6 Å². The number of nitrogens with one attached hydrogen (secondary N) is 1. The molecule has 1 N–H and O–H groups in total. The number of nitrogens with zero attached hydrogens (tertiary/aromatic N) is 2. The number of hydrogen-bond donors (Lipinski definition) is 1. The average molecular weight is 468 g/mol. The van der Waals surface area contributed by atoms with Crippen molar-refractivity contribution < 1.29 is 28.3 Å². The molecule has 34 heavy (non-hydrogen) atoms. The zero-order valence-corrected chi connectivity index (χ0v) is 19.7. The van der Waals surface area contributed by atoms with Crippen molar-refractivity contribution in [1.82, 2.24) is 0 Å². The first kappa shape index (κ1) is 23.5. The molecular formula is C25H29N3O6. The van der Waals surface area contributed by atoms with E-state index in [0.29, 0.717) is 0 Å². The third-order valence-electron chi connectivity index (χ3n) is 6.28. The minimum atomic E-state index is -0.748. The second-order valence-electron chi connectivity index (χ2n) is 8.62. The lowest BCUT2D eigenvalue weighted by atomic mass is 10.1. The van der Waals surface area contributed by atoms with Crippen molar-refractivity contribution in [1.29, 1.82) is 0 Å². The lowest BCUT2D eigenvalue weighted by Crippen LogP contribution is -2.28. The Kier molecular flexibility index (Phi) is 6.72. The monoisotopic (exact) mass is 467 g/mol. The van der Waals surface area contributed by atoms with Gasteiger partial charge >= 0.3 is 5.97 Å². The van der Waals surface area contributed by atoms with Crippen LogP contribution in [0.2, 0.25) is 0 Å². The first-order valence-electron chi connectivity index (χ1n) is 11.6. The Morgan fingerprint density at radius 2 is 1.74 bits per heavy atom. The topological polar surface area (TPSA) is 109 Å². The standard InChI is InChI=1S/C25H29N3O6/c1-4-33-25(32)22-21(15(2)29)16(3)34-24(22)26-23(31)17-13-20(30)28(14-17)19-9-7-18(8-10-19)27-11-5-6-12-27/h7-10,17H,4-6,11-14H2,1-3H3,(H,26,31). The van der Waals surface area contributed by atoms with Gasteiger partial charge in [0.05, 0.1) is 18.1 Å². The van der Waals surface area contributed by atoms with Crippen LogP contribution in [0.4, 0.5) is 17.3 Å². The second kappa shape index (κ2) is 9.70. The maximum Gasteiger partial charge on any atom is 0.344 e. The summed E-state index contributed by atoms with van der Waals surface area (Å²) in [5.41, 5.74) is 1.85. The molecule has 1 aromatic heterocycles. The molecule has 1 atom stereocenters. The molecule has 4 rings (SSSR count). The van der Waals surface area contributed by atoms with E-state index in [4.69, 9.17) is 9.15 Å². The van der Waals surface area contributed by atoms with Crippen molar-refractivity contribution in [3.8, 4) is 0 Å². The third-order valence-corrected chi connectivity index (χ3v) is 6.28. The summed E-state index contributed by atoms with van der Waals surface area (Å²) in [6.07, 6.45) is 2.40. The smallest absolute Gasteiger partial charge is 0.344 e. The van der Waals surface area contributed by atoms with Crippen molar-refractivity contribution in [2.75, 3.05) is 41.4 Å². The summed E-state index contributed by atoms with van der Waals surface area (Å²) in [5, 5.41) is 2.60. The highest BCUT2D eigenvalue weighted by Gasteiger charge is 2.37. The summed E-state index contributed by atoms with van der Waals surface area (Å²) in [5.74, 6) is -2.28. The molecular weight excluding hydrogens is 438 g/mol. The van der Waals surface area contributed by atoms with Crippen molar-refractivity contribution in [3.63, 3.8) is 0 Å². The van der Waals surface area contributed by atoms with E-state index in [1.807, 2.05) is 24.3 Å². The van der Waals surface area contributed by atoms with Gasteiger partial charge in [-0.3, -0.25) is 19.7 Å². The van der Waals surface area contributed by atoms with Gasteiger partial charge in [-0.05, 0) is 57.9 Å². The van der Waals surface area contributed by atoms with Gasteiger partial charge < -0.3 is 19.0 Å². The van der Waals surface area contributed by atoms with E-state index in [9.17, 15) is 19.2 Å². The Hall–Kier alpha value is -3.62. The quantitative estimate of drug-likeness (QED) is 0.490. The Morgan fingerprint density at radius 1 is 1.09 bits per heavy atom. The Bertz CT molecular complexity index is 1110. The molecule has 3 heterocycles. The molecule has 2 aromatic rings. The number of ketones is 1. The van der Waals surface area contributed by atoms with Crippen LogP contribution in [0, 0.1) is 12.8 Å². The molecule has 0 saturated carbocycles. The van der Waals surface area contributed by atoms with Gasteiger partial charge in [0.25, 0.3) is 0 Å². The number of aryl methyl sites for hydroxylation is 1. The fourth-order valence-electron chi connectivity index (χ4n) is 4.62. The summed E-state index contributed by atoms with van der Waals surface area (Å²) in [7, 11) is 0. The molecule has 9 nitrogen and oxygen atoms in total. The highest BCUT2D eigenvalue weighted by molar-refractivity contribution is 6.11. The molecule has 2 saturated heterocycles. The number of benzene rings is 1. The summed E-state index contributed by atoms with van der Waals surface area (Å²) in [4.78, 5) is 54.1. The van der Waals surface area contributed by atoms with Crippen LogP contribution in [0.5, 0.6) is 0 Å². The van der Waals surface area contributed by atoms with Crippen LogP contribution in [0.15, 0.2) is 28.7 Å². The van der Waals surface area contributed by atoms with E-state index in [0.717, 1.165) is 24.5 Å². The molecule has 2 aliphatic rings. The molecule has 180 valence electrons. The molecule has 9 heteroatoms. The molecule has 2 aliphatic heterocycles. The molecule has 2 amide bonds. The number of amides is 2. The molecule has 1 aromatic carbocycles. The lowest BCUT2D eigenvalue weighted by Gasteiger charge is -2.20. The zero-order chi connectivity index (χ0) is 24.4. The molecule has 1 unspecified atom stereocenters. The summed E-state index contributed by atoms with van der Waals surface area (Å²) in [6.45, 7) is 6.90. The largest absolute Gasteiger partial charge is 0.462 e. The minimum absolute atomic E-state index is 0.0354. The second-order valence-corrected chi connectivity index (χ2v) is 8.62. The van der Waals surface area contributed by atoms with E-state index >= 15 is 0 Å². The van der Waals surface area contributed by atoms with Gasteiger partial charge in [0.2, 0.25) is 17.7 Å². The van der Waals surface area contributed by atoms with Crippen LogP contribution >= 0.6 is 0 Å². The van der Waals surface area contributed by atoms with E-state index in [1.165, 1.54) is 19.8 Å². The molecule has 0 spiro atoms. The van der Waals surface area contributed by atoms with E-state index in [-0.39, 0.29) is 54.0 Å². The Labute approximate surface area is 198 Å². The third kappa shape index (κ3) is 4.55. The van der Waals surface area contributed by atoms with Gasteiger partial charge in [-0.25, -0.2) is 4.79 Å². The number of esters is 1. The molecule has 0 bridgehead atoms. The summed E-state index contributed by atoms with van der Waals surface area (Å²) < 4.78 is 10.6. The zero-order valence-electron chi connectivity index (χ0n) is 19.7. The van der Waals surface area contributed by atoms with E-state index in [1.54, 1.807) is 18.7 Å². The van der Waals surface area contributed by atoms with Crippen molar-refractivity contribution in [3.05, 3.63) is 41.2 Å². The van der Waals surface area contributed by atoms with Crippen molar-refractivity contribution in [2.45, 2.75) is 40.0 Å². The SMILES string of the molecule is CCOC(=O)c1c(NC(=O)C2CC(=O)N(c3ccc(N4CCCC4)cc3)C2)oc(C)c1C(C)=O. The van der Waals surface area contributed by atoms with Gasteiger partial charge in [-0.2, -0.15) is 0 Å². The number of anilines is 3. The van der Waals surface area contributed by atoms with Crippen LogP contribution < -0.4 is 15.1 Å². The number of furan rings is 1. The number of Topliss-reactive ketones (excluding diaryl/α,β-unsaturated/α-hetero) is 1. The molecule has 0 radical (unpaired) electrons. The van der Waals surface area contributed by atoms with Gasteiger partial charge in [-0.15, -0.1) is 0 Å². The summed E-state index contributed by atoms with van der Waals surface area (Å²) in [6, 6.07) is 7.81. The predicted octanol–water partition coefficient (Wildman–Crippen LogP) is 3.56. The minimum Gasteiger partial charge on any atom is -0.462 e. The Balaban J connectivity index is 1.48. The number of rotatable bonds is 7. The van der Waals surface area contributed by atoms with Gasteiger partial charge in [0.1, 0.15) is 11.3 Å².